The van der Waals surface area contributed by atoms with Crippen molar-refractivity contribution < 1.29 is 42.1 Å². The van der Waals surface area contributed by atoms with E-state index < -0.39 is 30.5 Å². The van der Waals surface area contributed by atoms with Gasteiger partial charge in [-0.1, -0.05) is 6.07 Å². The molecule has 0 unspecified atom stereocenters. The predicted octanol–water partition coefficient (Wildman–Crippen LogP) is 6.26. The third-order valence-electron chi connectivity index (χ3n) is 5.34. The van der Waals surface area contributed by atoms with Crippen LogP contribution in [0.3, 0.4) is 0 Å². The maximum Gasteiger partial charge on any atom is 0.573 e. The number of halogens is 4. The molecule has 198 valence electrons. The van der Waals surface area contributed by atoms with Gasteiger partial charge in [0.05, 0.1) is 24.1 Å². The molecule has 2 aromatic carbocycles. The summed E-state index contributed by atoms with van der Waals surface area (Å²) < 4.78 is 54.3. The van der Waals surface area contributed by atoms with Gasteiger partial charge in [-0.3, -0.25) is 4.79 Å². The largest absolute Gasteiger partial charge is 0.573 e. The average molecular weight is 549 g/mol. The van der Waals surface area contributed by atoms with Gasteiger partial charge in [-0.2, -0.15) is 0 Å². The van der Waals surface area contributed by atoms with Gasteiger partial charge in [-0.15, -0.1) is 24.8 Å². The number of carboxylic acids is 1. The summed E-state index contributed by atoms with van der Waals surface area (Å²) in [6, 6.07) is 12.9. The smallest absolute Gasteiger partial charge is 0.481 e. The molecule has 0 spiro atoms. The van der Waals surface area contributed by atoms with Crippen LogP contribution in [-0.4, -0.2) is 39.6 Å². The molecule has 0 fully saturated rings. The number of carbonyl (C=O) groups is 2. The van der Waals surface area contributed by atoms with Crippen LogP contribution < -0.4 is 9.47 Å². The third kappa shape index (κ3) is 6.00. The summed E-state index contributed by atoms with van der Waals surface area (Å²) in [5.41, 5.74) is 1.59. The number of hydrogen-bond acceptors (Lipinski definition) is 6. The van der Waals surface area contributed by atoms with E-state index in [0.717, 1.165) is 17.7 Å². The first-order valence-electron chi connectivity index (χ1n) is 11.2. The number of rotatable bonds is 9. The molecule has 2 heterocycles. The quantitative estimate of drug-likeness (QED) is 0.195. The summed E-state index contributed by atoms with van der Waals surface area (Å²) in [5.74, 6) is -1.58. The highest BCUT2D eigenvalue weighted by molar-refractivity contribution is 6.17. The standard InChI is InChI=1S/C26H20ClF3N2O6/c1-2-36-25(35)24-19-11-18(37-22-10-3-15(13-27)14-31-22)8-9-20(19)32(21(24)12-23(33)34)16-4-6-17(7-5-16)38-26(28,29)30/h3-11,14H,2,12-13H2,1H3,(H,33,34). The Bertz CT molecular complexity index is 1470. The summed E-state index contributed by atoms with van der Waals surface area (Å²) in [6.45, 7) is 1.65. The summed E-state index contributed by atoms with van der Waals surface area (Å²) in [7, 11) is 0. The van der Waals surface area contributed by atoms with Crippen molar-refractivity contribution in [2.75, 3.05) is 6.61 Å². The molecule has 0 atom stereocenters. The lowest BCUT2D eigenvalue weighted by Crippen LogP contribution is -2.17. The molecule has 0 amide bonds. The molecule has 0 aliphatic carbocycles. The van der Waals surface area contributed by atoms with Crippen molar-refractivity contribution in [1.82, 2.24) is 9.55 Å². The molecule has 0 aliphatic rings. The fourth-order valence-corrected chi connectivity index (χ4v) is 4.05. The lowest BCUT2D eigenvalue weighted by molar-refractivity contribution is -0.274. The van der Waals surface area contributed by atoms with E-state index in [9.17, 15) is 27.9 Å². The fourth-order valence-electron chi connectivity index (χ4n) is 3.89. The van der Waals surface area contributed by atoms with E-state index >= 15 is 0 Å². The van der Waals surface area contributed by atoms with Gasteiger partial charge in [-0.25, -0.2) is 9.78 Å². The molecule has 1 N–H and O–H groups in total. The number of carboxylic acid groups (broad SMARTS) is 1. The van der Waals surface area contributed by atoms with Crippen molar-refractivity contribution in [2.24, 2.45) is 0 Å². The van der Waals surface area contributed by atoms with Gasteiger partial charge >= 0.3 is 18.3 Å². The van der Waals surface area contributed by atoms with Crippen molar-refractivity contribution in [2.45, 2.75) is 25.6 Å². The van der Waals surface area contributed by atoms with Crippen molar-refractivity contribution in [3.8, 4) is 23.1 Å². The van der Waals surface area contributed by atoms with E-state index in [2.05, 4.69) is 9.72 Å². The van der Waals surface area contributed by atoms with E-state index in [1.807, 2.05) is 0 Å². The molecule has 4 aromatic rings. The minimum Gasteiger partial charge on any atom is -0.481 e. The molecular formula is C26H20ClF3N2O6. The number of alkyl halides is 4. The topological polar surface area (TPSA) is 99.9 Å². The van der Waals surface area contributed by atoms with Gasteiger partial charge in [0.2, 0.25) is 5.88 Å². The van der Waals surface area contributed by atoms with E-state index in [4.69, 9.17) is 21.1 Å². The Labute approximate surface area is 219 Å². The number of carbonyl (C=O) groups excluding carboxylic acids is 1. The molecule has 0 bridgehead atoms. The van der Waals surface area contributed by atoms with Crippen molar-refractivity contribution in [1.29, 1.82) is 0 Å². The van der Waals surface area contributed by atoms with E-state index in [0.29, 0.717) is 22.3 Å². The van der Waals surface area contributed by atoms with Crippen LogP contribution >= 0.6 is 11.6 Å². The number of hydrogen-bond donors (Lipinski definition) is 1. The van der Waals surface area contributed by atoms with Crippen LogP contribution in [-0.2, 0) is 21.8 Å². The number of benzene rings is 2. The van der Waals surface area contributed by atoms with Gasteiger partial charge in [0.25, 0.3) is 0 Å². The zero-order chi connectivity index (χ0) is 27.4. The number of ether oxygens (including phenoxy) is 3. The Morgan fingerprint density at radius 3 is 2.34 bits per heavy atom. The first-order chi connectivity index (χ1) is 18.1. The number of fused-ring (bicyclic) bond motifs is 1. The van der Waals surface area contributed by atoms with Crippen LogP contribution in [0.1, 0.15) is 28.5 Å². The molecule has 2 aromatic heterocycles. The molecule has 0 saturated heterocycles. The molecule has 8 nitrogen and oxygen atoms in total. The number of aliphatic carboxylic acids is 1. The second-order valence-electron chi connectivity index (χ2n) is 7.91. The van der Waals surface area contributed by atoms with Crippen molar-refractivity contribution in [3.63, 3.8) is 0 Å². The van der Waals surface area contributed by atoms with Gasteiger partial charge in [-0.05, 0) is 55.0 Å². The lowest BCUT2D eigenvalue weighted by Gasteiger charge is -2.13. The van der Waals surface area contributed by atoms with Crippen LogP contribution in [0.5, 0.6) is 17.4 Å². The Morgan fingerprint density at radius 2 is 1.76 bits per heavy atom. The Balaban J connectivity index is 1.87. The second kappa shape index (κ2) is 11.0. The third-order valence-corrected chi connectivity index (χ3v) is 5.65. The first-order valence-corrected chi connectivity index (χ1v) is 11.7. The van der Waals surface area contributed by atoms with E-state index in [-0.39, 0.29) is 29.6 Å². The maximum absolute atomic E-state index is 13.0. The minimum absolute atomic E-state index is 0.00392. The molecule has 4 rings (SSSR count). The summed E-state index contributed by atoms with van der Waals surface area (Å²) in [6.07, 6.45) is -3.89. The molecule has 0 radical (unpaired) electrons. The summed E-state index contributed by atoms with van der Waals surface area (Å²) >= 11 is 5.79. The Morgan fingerprint density at radius 1 is 1.05 bits per heavy atom. The highest BCUT2D eigenvalue weighted by atomic mass is 35.5. The zero-order valence-electron chi connectivity index (χ0n) is 19.8. The van der Waals surface area contributed by atoms with E-state index in [1.165, 1.54) is 16.7 Å². The monoisotopic (exact) mass is 548 g/mol. The van der Waals surface area contributed by atoms with Crippen LogP contribution in [0.15, 0.2) is 60.8 Å². The second-order valence-corrected chi connectivity index (χ2v) is 8.18. The van der Waals surface area contributed by atoms with Gasteiger partial charge in [0.15, 0.2) is 0 Å². The highest BCUT2D eigenvalue weighted by Gasteiger charge is 2.31. The zero-order valence-corrected chi connectivity index (χ0v) is 20.5. The normalized spacial score (nSPS) is 11.4. The van der Waals surface area contributed by atoms with Gasteiger partial charge in [0, 0.05) is 34.9 Å². The predicted molar refractivity (Wildman–Crippen MR) is 131 cm³/mol. The maximum atomic E-state index is 13.0. The van der Waals surface area contributed by atoms with Crippen LogP contribution in [0, 0.1) is 0 Å². The summed E-state index contributed by atoms with van der Waals surface area (Å²) in [4.78, 5) is 29.0. The van der Waals surface area contributed by atoms with Crippen molar-refractivity contribution in [3.05, 3.63) is 77.6 Å². The number of esters is 1. The van der Waals surface area contributed by atoms with Crippen LogP contribution in [0.4, 0.5) is 13.2 Å². The minimum atomic E-state index is -4.87. The molecule has 0 aliphatic heterocycles. The fraction of sp³-hybridized carbons (Fsp3) is 0.192. The van der Waals surface area contributed by atoms with Gasteiger partial charge in [0.1, 0.15) is 11.5 Å². The average Bonchev–Trinajstić information content (AvgIpc) is 3.16. The van der Waals surface area contributed by atoms with Gasteiger partial charge < -0.3 is 23.9 Å². The SMILES string of the molecule is CCOC(=O)c1c(CC(=O)O)n(-c2ccc(OC(F)(F)F)cc2)c2ccc(Oc3ccc(CCl)cn3)cc12. The number of nitrogens with zero attached hydrogens (tertiary/aromatic N) is 2. The molecule has 12 heteroatoms. The Hall–Kier alpha value is -4.25. The first kappa shape index (κ1) is 26.8. The Kier molecular flexibility index (Phi) is 7.77. The highest BCUT2D eigenvalue weighted by Crippen LogP contribution is 2.35. The van der Waals surface area contributed by atoms with E-state index in [1.54, 1.807) is 43.5 Å². The van der Waals surface area contributed by atoms with Crippen molar-refractivity contribution >= 4 is 34.4 Å². The molecule has 0 saturated carbocycles. The number of pyridine rings is 1. The summed E-state index contributed by atoms with van der Waals surface area (Å²) in [5, 5.41) is 9.93. The van der Waals surface area contributed by atoms with Crippen LogP contribution in [0.25, 0.3) is 16.6 Å². The number of aromatic nitrogens is 2. The molecular weight excluding hydrogens is 529 g/mol. The lowest BCUT2D eigenvalue weighted by atomic mass is 10.1. The van der Waals surface area contributed by atoms with Crippen LogP contribution in [0.2, 0.25) is 0 Å². The molecule has 38 heavy (non-hydrogen) atoms.